The first-order valence-electron chi connectivity index (χ1n) is 10.2. The van der Waals surface area contributed by atoms with Crippen molar-refractivity contribution in [1.29, 1.82) is 0 Å². The number of amides is 2. The van der Waals surface area contributed by atoms with Crippen LogP contribution >= 0.6 is 0 Å². The maximum Gasteiger partial charge on any atom is 0.245 e. The van der Waals surface area contributed by atoms with Gasteiger partial charge < -0.3 is 15.1 Å². The summed E-state index contributed by atoms with van der Waals surface area (Å²) in [6, 6.07) is -0.0832. The van der Waals surface area contributed by atoms with Gasteiger partial charge in [0.2, 0.25) is 11.8 Å². The number of likely N-dealkylation sites (N-methyl/N-ethyl adjacent to an activating group) is 1. The summed E-state index contributed by atoms with van der Waals surface area (Å²) in [6.45, 7) is 1.78. The third kappa shape index (κ3) is 4.71. The van der Waals surface area contributed by atoms with Crippen LogP contribution in [0.3, 0.4) is 0 Å². The Bertz CT molecular complexity index is 579. The first-order chi connectivity index (χ1) is 12.9. The van der Waals surface area contributed by atoms with Crippen LogP contribution in [0.1, 0.15) is 44.9 Å². The minimum atomic E-state index is -0.990. The van der Waals surface area contributed by atoms with Crippen LogP contribution in [0.15, 0.2) is 0 Å². The molecular formula is C19H34N4O3S. The van der Waals surface area contributed by atoms with Gasteiger partial charge in [-0.15, -0.1) is 0 Å². The van der Waals surface area contributed by atoms with Crippen molar-refractivity contribution in [2.24, 2.45) is 5.92 Å². The average Bonchev–Trinajstić information content (AvgIpc) is 3.21. The Kier molecular flexibility index (Phi) is 6.92. The summed E-state index contributed by atoms with van der Waals surface area (Å²) in [6.07, 6.45) is 8.96. The summed E-state index contributed by atoms with van der Waals surface area (Å²) in [7, 11) is 2.73. The predicted molar refractivity (Wildman–Crippen MR) is 106 cm³/mol. The number of nitrogens with zero attached hydrogens (tertiary/aromatic N) is 3. The molecule has 27 heavy (non-hydrogen) atoms. The molecule has 3 aliphatic rings. The van der Waals surface area contributed by atoms with Gasteiger partial charge in [0.1, 0.15) is 6.04 Å². The predicted octanol–water partition coefficient (Wildman–Crippen LogP) is 0.582. The molecule has 1 N–H and O–H groups in total. The van der Waals surface area contributed by atoms with Gasteiger partial charge >= 0.3 is 0 Å². The number of hydrogen-bond acceptors (Lipinski definition) is 4. The number of fused-ring (bicyclic) bond motifs is 1. The van der Waals surface area contributed by atoms with Crippen LogP contribution in [-0.2, 0) is 20.6 Å². The van der Waals surface area contributed by atoms with Crippen molar-refractivity contribution in [2.75, 3.05) is 40.0 Å². The van der Waals surface area contributed by atoms with E-state index in [0.29, 0.717) is 13.1 Å². The van der Waals surface area contributed by atoms with E-state index in [-0.39, 0.29) is 29.8 Å². The van der Waals surface area contributed by atoms with Gasteiger partial charge in [-0.3, -0.25) is 9.59 Å². The topological polar surface area (TPSA) is 73.0 Å². The second kappa shape index (κ2) is 9.01. The molecule has 2 amide bonds. The van der Waals surface area contributed by atoms with E-state index in [2.05, 4.69) is 5.32 Å². The van der Waals surface area contributed by atoms with Gasteiger partial charge in [-0.1, -0.05) is 19.3 Å². The van der Waals surface area contributed by atoms with Crippen LogP contribution in [0, 0.1) is 5.92 Å². The molecule has 2 heterocycles. The maximum atomic E-state index is 13.5. The molecule has 4 unspecified atom stereocenters. The molecule has 0 radical (unpaired) electrons. The van der Waals surface area contributed by atoms with Crippen LogP contribution < -0.4 is 5.32 Å². The SMILES string of the molecule is CN(C)CC(=O)NC(C(=O)N1CCC2C1CCN2S(C)=O)C1CCCCC1. The van der Waals surface area contributed by atoms with Crippen LogP contribution in [0.5, 0.6) is 0 Å². The lowest BCUT2D eigenvalue weighted by Crippen LogP contribution is -2.55. The largest absolute Gasteiger partial charge is 0.343 e. The van der Waals surface area contributed by atoms with Crippen LogP contribution in [-0.4, -0.2) is 88.2 Å². The highest BCUT2D eigenvalue weighted by Gasteiger charge is 2.47. The molecule has 2 saturated heterocycles. The fourth-order valence-electron chi connectivity index (χ4n) is 5.07. The van der Waals surface area contributed by atoms with E-state index < -0.39 is 17.0 Å². The second-order valence-corrected chi connectivity index (χ2v) is 9.81. The van der Waals surface area contributed by atoms with Gasteiger partial charge in [0, 0.05) is 31.4 Å². The maximum absolute atomic E-state index is 13.5. The number of carbonyl (C=O) groups excluding carboxylic acids is 2. The summed E-state index contributed by atoms with van der Waals surface area (Å²) in [4.78, 5) is 29.7. The van der Waals surface area contributed by atoms with Gasteiger partial charge in [0.15, 0.2) is 0 Å². The zero-order chi connectivity index (χ0) is 19.6. The lowest BCUT2D eigenvalue weighted by molar-refractivity contribution is -0.139. The number of rotatable bonds is 6. The van der Waals surface area contributed by atoms with Crippen molar-refractivity contribution in [3.63, 3.8) is 0 Å². The normalized spacial score (nSPS) is 29.0. The van der Waals surface area contributed by atoms with E-state index >= 15 is 0 Å². The van der Waals surface area contributed by atoms with E-state index in [1.54, 1.807) is 6.26 Å². The quantitative estimate of drug-likeness (QED) is 0.710. The molecule has 8 heteroatoms. The van der Waals surface area contributed by atoms with Crippen molar-refractivity contribution in [3.8, 4) is 0 Å². The first kappa shape index (κ1) is 20.7. The van der Waals surface area contributed by atoms with E-state index in [1.807, 2.05) is 28.2 Å². The van der Waals surface area contributed by atoms with Crippen molar-refractivity contribution >= 4 is 22.8 Å². The number of carbonyl (C=O) groups is 2. The molecule has 1 aliphatic carbocycles. The standard InChI is InChI=1S/C19H34N4O3S/c1-21(2)13-17(24)20-18(14-7-5-4-6-8-14)19(25)22-11-9-16-15(22)10-12-23(16)27(3)26/h14-16,18H,4-13H2,1-3H3,(H,20,24). The molecule has 7 nitrogen and oxygen atoms in total. The minimum Gasteiger partial charge on any atom is -0.343 e. The van der Waals surface area contributed by atoms with Crippen LogP contribution in [0.25, 0.3) is 0 Å². The van der Waals surface area contributed by atoms with Gasteiger partial charge in [0.05, 0.1) is 17.5 Å². The average molecular weight is 399 g/mol. The summed E-state index contributed by atoms with van der Waals surface area (Å²) in [5.74, 6) is 0.224. The Morgan fingerprint density at radius 1 is 1.07 bits per heavy atom. The molecular weight excluding hydrogens is 364 g/mol. The molecule has 154 valence electrons. The van der Waals surface area contributed by atoms with Gasteiger partial charge in [-0.05, 0) is 45.7 Å². The molecule has 3 rings (SSSR count). The number of likely N-dealkylation sites (tertiary alicyclic amines) is 1. The Labute approximate surface area is 165 Å². The Balaban J connectivity index is 1.72. The third-order valence-corrected chi connectivity index (χ3v) is 7.42. The smallest absolute Gasteiger partial charge is 0.245 e. The molecule has 0 aromatic carbocycles. The second-order valence-electron chi connectivity index (χ2n) is 8.49. The van der Waals surface area contributed by atoms with Gasteiger partial charge in [-0.2, -0.15) is 0 Å². The van der Waals surface area contributed by atoms with Gasteiger partial charge in [-0.25, -0.2) is 8.51 Å². The van der Waals surface area contributed by atoms with Crippen molar-refractivity contribution in [3.05, 3.63) is 0 Å². The Hall–Kier alpha value is -0.990. The lowest BCUT2D eigenvalue weighted by atomic mass is 9.83. The minimum absolute atomic E-state index is 0.0743. The van der Waals surface area contributed by atoms with E-state index in [4.69, 9.17) is 0 Å². The zero-order valence-corrected chi connectivity index (χ0v) is 17.7. The zero-order valence-electron chi connectivity index (χ0n) is 16.9. The Morgan fingerprint density at radius 2 is 1.74 bits per heavy atom. The lowest BCUT2D eigenvalue weighted by Gasteiger charge is -2.35. The highest BCUT2D eigenvalue weighted by atomic mass is 32.2. The Morgan fingerprint density at radius 3 is 2.37 bits per heavy atom. The van der Waals surface area contributed by atoms with Crippen molar-refractivity contribution < 1.29 is 13.8 Å². The van der Waals surface area contributed by atoms with Crippen molar-refractivity contribution in [1.82, 2.24) is 19.4 Å². The highest BCUT2D eigenvalue weighted by Crippen LogP contribution is 2.34. The van der Waals surface area contributed by atoms with E-state index in [9.17, 15) is 13.8 Å². The summed E-state index contributed by atoms with van der Waals surface area (Å²) < 4.78 is 14.0. The fourth-order valence-corrected chi connectivity index (χ4v) is 6.06. The van der Waals surface area contributed by atoms with Crippen molar-refractivity contribution in [2.45, 2.75) is 63.1 Å². The molecule has 0 bridgehead atoms. The molecule has 2 aliphatic heterocycles. The summed E-state index contributed by atoms with van der Waals surface area (Å²) >= 11 is 0. The molecule has 0 aromatic rings. The molecule has 3 fully saturated rings. The monoisotopic (exact) mass is 398 g/mol. The van der Waals surface area contributed by atoms with E-state index in [1.165, 1.54) is 6.42 Å². The molecule has 4 atom stereocenters. The van der Waals surface area contributed by atoms with Crippen LogP contribution in [0.4, 0.5) is 0 Å². The molecule has 0 spiro atoms. The number of nitrogens with one attached hydrogen (secondary N) is 1. The summed E-state index contributed by atoms with van der Waals surface area (Å²) in [5.41, 5.74) is 0. The molecule has 0 aromatic heterocycles. The molecule has 1 saturated carbocycles. The fraction of sp³-hybridized carbons (Fsp3) is 0.895. The summed E-state index contributed by atoms with van der Waals surface area (Å²) in [5, 5.41) is 3.06. The number of hydrogen-bond donors (Lipinski definition) is 1. The first-order valence-corrected chi connectivity index (χ1v) is 11.7. The van der Waals surface area contributed by atoms with Crippen LogP contribution in [0.2, 0.25) is 0 Å². The highest BCUT2D eigenvalue weighted by molar-refractivity contribution is 7.81. The van der Waals surface area contributed by atoms with E-state index in [0.717, 1.165) is 45.1 Å². The third-order valence-electron chi connectivity index (χ3n) is 6.30. The van der Waals surface area contributed by atoms with Gasteiger partial charge in [0.25, 0.3) is 0 Å².